The SMILES string of the molecule is [CH2-]C(C)C.[CH2-]C(C)C.[CH2-]C(C)C.[CH2-]C(C)C.[CH2-]C(C)C.[CH2-]C(C)C.[NH2-].[Ti]. The third-order valence-corrected chi connectivity index (χ3v) is 0. The molecule has 0 aromatic heterocycles. The van der Waals surface area contributed by atoms with Gasteiger partial charge in [-0.3, -0.25) is 0 Å². The molecule has 0 unspecified atom stereocenters. The van der Waals surface area contributed by atoms with Gasteiger partial charge in [-0.1, -0.05) is 83.1 Å². The van der Waals surface area contributed by atoms with Crippen molar-refractivity contribution in [2.24, 2.45) is 35.5 Å². The monoisotopic (exact) mass is 406 g/mol. The molecule has 0 aliphatic heterocycles. The molecule has 0 radical (unpaired) electrons. The Bertz CT molecular complexity index is 87.2. The predicted molar refractivity (Wildman–Crippen MR) is 126 cm³/mol. The van der Waals surface area contributed by atoms with E-state index in [-0.39, 0.29) is 27.9 Å². The van der Waals surface area contributed by atoms with Gasteiger partial charge in [0.25, 0.3) is 0 Å². The van der Waals surface area contributed by atoms with Crippen molar-refractivity contribution < 1.29 is 21.7 Å². The van der Waals surface area contributed by atoms with E-state index in [0.717, 1.165) is 0 Å². The van der Waals surface area contributed by atoms with Gasteiger partial charge in [-0.2, -0.15) is 35.5 Å². The van der Waals surface area contributed by atoms with Crippen LogP contribution in [0.5, 0.6) is 0 Å². The van der Waals surface area contributed by atoms with Gasteiger partial charge in [-0.25, -0.2) is 0 Å². The maximum Gasteiger partial charge on any atom is 0 e. The summed E-state index contributed by atoms with van der Waals surface area (Å²) >= 11 is 0. The van der Waals surface area contributed by atoms with Crippen molar-refractivity contribution >= 4 is 0 Å². The van der Waals surface area contributed by atoms with Crippen LogP contribution in [0.4, 0.5) is 0 Å². The van der Waals surface area contributed by atoms with Crippen molar-refractivity contribution in [1.29, 1.82) is 0 Å². The molecule has 0 amide bonds. The molecule has 0 atom stereocenters. The van der Waals surface area contributed by atoms with Crippen LogP contribution >= 0.6 is 0 Å². The van der Waals surface area contributed by atoms with Gasteiger partial charge in [-0.15, -0.1) is 0 Å². The maximum absolute atomic E-state index is 3.64. The molecule has 2 N–H and O–H groups in total. The molecule has 0 heterocycles. The first-order chi connectivity index (χ1) is 10.4. The topological polar surface area (TPSA) is 33.5 Å². The fraction of sp³-hybridized carbons (Fsp3) is 0.750. The molecule has 26 heavy (non-hydrogen) atoms. The Hall–Kier alpha value is 0.674. The van der Waals surface area contributed by atoms with Crippen LogP contribution in [0.1, 0.15) is 83.1 Å². The zero-order valence-corrected chi connectivity index (χ0v) is 22.3. The largest absolute Gasteiger partial charge is 0.693 e. The first kappa shape index (κ1) is 50.4. The summed E-state index contributed by atoms with van der Waals surface area (Å²) in [6.45, 7) is 46.5. The molecular weight excluding hydrogens is 350 g/mol. The van der Waals surface area contributed by atoms with Crippen LogP contribution in [0.3, 0.4) is 0 Å². The van der Waals surface area contributed by atoms with Gasteiger partial charge in [0.2, 0.25) is 0 Å². The van der Waals surface area contributed by atoms with Crippen LogP contribution in [-0.4, -0.2) is 0 Å². The van der Waals surface area contributed by atoms with Gasteiger partial charge >= 0.3 is 0 Å². The summed E-state index contributed by atoms with van der Waals surface area (Å²) in [6.07, 6.45) is 0. The zero-order valence-electron chi connectivity index (χ0n) is 20.8. The normalized spacial score (nSPS) is 8.31. The summed E-state index contributed by atoms with van der Waals surface area (Å²) in [4.78, 5) is 0. The Morgan fingerprint density at radius 1 is 0.308 bits per heavy atom. The van der Waals surface area contributed by atoms with E-state index in [4.69, 9.17) is 0 Å². The van der Waals surface area contributed by atoms with E-state index in [1.165, 1.54) is 0 Å². The molecule has 0 aromatic carbocycles. The van der Waals surface area contributed by atoms with Gasteiger partial charge in [-0.05, 0) is 0 Å². The number of hydrogen-bond donors (Lipinski definition) is 0. The van der Waals surface area contributed by atoms with E-state index in [2.05, 4.69) is 125 Å². The standard InChI is InChI=1S/6C4H9.H2N.Ti/c6*1-4(2)3;;/h6*4H,1H2,2-3H3;1H2;/q7*-1;. The minimum atomic E-state index is 0. The quantitative estimate of drug-likeness (QED) is 0.283. The van der Waals surface area contributed by atoms with Crippen molar-refractivity contribution in [2.75, 3.05) is 0 Å². The summed E-state index contributed by atoms with van der Waals surface area (Å²) in [5, 5.41) is 0. The van der Waals surface area contributed by atoms with Gasteiger partial charge in [0, 0.05) is 21.7 Å². The molecule has 0 spiro atoms. The third-order valence-electron chi connectivity index (χ3n) is 0. The second kappa shape index (κ2) is 44.8. The Labute approximate surface area is 187 Å². The second-order valence-electron chi connectivity index (χ2n) is 8.36. The molecule has 0 aliphatic carbocycles. The van der Waals surface area contributed by atoms with Gasteiger partial charge in [0.1, 0.15) is 0 Å². The van der Waals surface area contributed by atoms with Crippen LogP contribution in [0.25, 0.3) is 6.15 Å². The molecule has 0 aliphatic rings. The Morgan fingerprint density at radius 3 is 0.308 bits per heavy atom. The molecule has 1 nitrogen and oxygen atoms in total. The summed E-state index contributed by atoms with van der Waals surface area (Å²) in [5.41, 5.74) is 0. The van der Waals surface area contributed by atoms with Crippen LogP contribution in [0.15, 0.2) is 0 Å². The summed E-state index contributed by atoms with van der Waals surface area (Å²) in [6, 6.07) is 0. The van der Waals surface area contributed by atoms with E-state index < -0.39 is 0 Å². The van der Waals surface area contributed by atoms with Crippen molar-refractivity contribution in [1.82, 2.24) is 0 Å². The molecule has 0 saturated carbocycles. The number of nitrogens with two attached hydrogens (primary N) is 1. The Morgan fingerprint density at radius 2 is 0.308 bits per heavy atom. The van der Waals surface area contributed by atoms with E-state index in [9.17, 15) is 0 Å². The van der Waals surface area contributed by atoms with Crippen LogP contribution < -0.4 is 0 Å². The van der Waals surface area contributed by atoms with E-state index in [0.29, 0.717) is 35.5 Å². The molecule has 168 valence electrons. The van der Waals surface area contributed by atoms with Crippen LogP contribution in [-0.2, 0) is 21.7 Å². The van der Waals surface area contributed by atoms with Gasteiger partial charge in [0.15, 0.2) is 0 Å². The third kappa shape index (κ3) is 30400. The zero-order chi connectivity index (χ0) is 21.5. The fourth-order valence-corrected chi connectivity index (χ4v) is 0. The summed E-state index contributed by atoms with van der Waals surface area (Å²) in [7, 11) is 0. The first-order valence-electron chi connectivity index (χ1n) is 9.38. The summed E-state index contributed by atoms with van der Waals surface area (Å²) < 4.78 is 0. The van der Waals surface area contributed by atoms with E-state index in [1.807, 2.05) is 0 Å². The molecule has 0 bridgehead atoms. The molecule has 0 fully saturated rings. The van der Waals surface area contributed by atoms with Crippen molar-refractivity contribution in [3.05, 3.63) is 47.7 Å². The van der Waals surface area contributed by atoms with E-state index >= 15 is 0 Å². The number of rotatable bonds is 0. The van der Waals surface area contributed by atoms with E-state index in [1.54, 1.807) is 0 Å². The average molecular weight is 407 g/mol. The molecule has 0 rings (SSSR count). The average Bonchev–Trinajstić information content (AvgIpc) is 2.08. The van der Waals surface area contributed by atoms with Gasteiger partial charge < -0.3 is 47.7 Å². The molecule has 0 saturated heterocycles. The number of hydrogen-bond acceptors (Lipinski definition) is 0. The summed E-state index contributed by atoms with van der Waals surface area (Å²) in [5.74, 6) is 3.50. The maximum atomic E-state index is 3.64. The second-order valence-corrected chi connectivity index (χ2v) is 8.36. The molecule has 2 heteroatoms. The molecule has 0 aromatic rings. The first-order valence-corrected chi connectivity index (χ1v) is 9.38. The van der Waals surface area contributed by atoms with Gasteiger partial charge in [0.05, 0.1) is 0 Å². The van der Waals surface area contributed by atoms with Crippen molar-refractivity contribution in [2.45, 2.75) is 83.1 Å². The predicted octanol–water partition coefficient (Wildman–Crippen LogP) is 9.57. The fourth-order valence-electron chi connectivity index (χ4n) is 0. The minimum Gasteiger partial charge on any atom is -0.693 e. The van der Waals surface area contributed by atoms with Crippen molar-refractivity contribution in [3.8, 4) is 0 Å². The van der Waals surface area contributed by atoms with Crippen molar-refractivity contribution in [3.63, 3.8) is 0 Å². The minimum absolute atomic E-state index is 0. The van der Waals surface area contributed by atoms with Crippen LogP contribution in [0, 0.1) is 77.0 Å². The Kier molecular flexibility index (Phi) is 86.9. The molecular formula is C24H56NTi-7. The smallest absolute Gasteiger partial charge is 0 e. The van der Waals surface area contributed by atoms with Crippen LogP contribution in [0.2, 0.25) is 0 Å². The Balaban J connectivity index is -0.0000000245.